The van der Waals surface area contributed by atoms with Gasteiger partial charge in [0.2, 0.25) is 0 Å². The van der Waals surface area contributed by atoms with Gasteiger partial charge in [0.15, 0.2) is 11.5 Å². The highest BCUT2D eigenvalue weighted by molar-refractivity contribution is 6.07. The molecule has 0 radical (unpaired) electrons. The van der Waals surface area contributed by atoms with Gasteiger partial charge in [-0.1, -0.05) is 24.3 Å². The third-order valence-electron chi connectivity index (χ3n) is 7.29. The Morgan fingerprint density at radius 3 is 2.77 bits per heavy atom. The number of nitrogens with zero attached hydrogens (tertiary/aromatic N) is 2. The summed E-state index contributed by atoms with van der Waals surface area (Å²) >= 11 is 0. The molecule has 1 amide bonds. The number of halogens is 2. The fraction of sp³-hybridized carbons (Fsp3) is 0.583. The van der Waals surface area contributed by atoms with Crippen molar-refractivity contribution in [2.24, 2.45) is 28.5 Å². The summed E-state index contributed by atoms with van der Waals surface area (Å²) in [7, 11) is 1.64. The fourth-order valence-electron chi connectivity index (χ4n) is 5.59. The van der Waals surface area contributed by atoms with E-state index in [9.17, 15) is 13.6 Å². The van der Waals surface area contributed by atoms with Crippen molar-refractivity contribution in [1.29, 1.82) is 0 Å². The summed E-state index contributed by atoms with van der Waals surface area (Å²) in [5.41, 5.74) is 7.84. The van der Waals surface area contributed by atoms with Crippen LogP contribution in [-0.4, -0.2) is 36.5 Å². The number of nitrogens with two attached hydrogens (primary N) is 1. The number of benzene rings is 1. The van der Waals surface area contributed by atoms with E-state index in [1.807, 2.05) is 18.2 Å². The van der Waals surface area contributed by atoms with Crippen LogP contribution in [0.15, 0.2) is 23.2 Å². The topological polar surface area (TPSA) is 67.9 Å². The molecule has 3 aliphatic carbocycles. The van der Waals surface area contributed by atoms with Gasteiger partial charge >= 0.3 is 6.61 Å². The molecule has 1 heterocycles. The van der Waals surface area contributed by atoms with Crippen molar-refractivity contribution in [3.05, 3.63) is 34.9 Å². The SMILES string of the molecule is CN1C(=O)C2(N=C1N)c1cc(C#CC3CC3)ccc1CC2C1CCCC(OC(F)F)C1. The molecule has 1 aliphatic heterocycles. The molecule has 2 fully saturated rings. The molecule has 0 aromatic heterocycles. The van der Waals surface area contributed by atoms with Crippen LogP contribution in [0, 0.1) is 29.6 Å². The monoisotopic (exact) mass is 427 g/mol. The zero-order valence-corrected chi connectivity index (χ0v) is 17.6. The lowest BCUT2D eigenvalue weighted by Crippen LogP contribution is -2.46. The molecule has 4 aliphatic rings. The van der Waals surface area contributed by atoms with E-state index < -0.39 is 18.3 Å². The highest BCUT2D eigenvalue weighted by atomic mass is 19.3. The Bertz CT molecular complexity index is 994. The Balaban J connectivity index is 1.53. The number of amides is 1. The maximum atomic E-state index is 13.5. The molecule has 7 heteroatoms. The number of carbonyl (C=O) groups is 1. The molecule has 2 saturated carbocycles. The molecule has 1 aromatic rings. The largest absolute Gasteiger partial charge is 0.369 e. The van der Waals surface area contributed by atoms with E-state index in [0.717, 1.165) is 42.4 Å². The number of ether oxygens (including phenoxy) is 1. The number of carbonyl (C=O) groups excluding carboxylic acids is 1. The Labute approximate surface area is 181 Å². The number of likely N-dealkylation sites (N-methyl/N-ethyl adjacent to an activating group) is 1. The Morgan fingerprint density at radius 2 is 2.10 bits per heavy atom. The van der Waals surface area contributed by atoms with Gasteiger partial charge in [-0.3, -0.25) is 9.69 Å². The highest BCUT2D eigenvalue weighted by Crippen LogP contribution is 2.53. The summed E-state index contributed by atoms with van der Waals surface area (Å²) in [6.45, 7) is -2.78. The van der Waals surface area contributed by atoms with Crippen LogP contribution in [0.5, 0.6) is 0 Å². The smallest absolute Gasteiger partial charge is 0.345 e. The molecule has 4 unspecified atom stereocenters. The fourth-order valence-corrected chi connectivity index (χ4v) is 5.59. The molecule has 5 nitrogen and oxygen atoms in total. The van der Waals surface area contributed by atoms with E-state index in [-0.39, 0.29) is 23.7 Å². The Kier molecular flexibility index (Phi) is 5.01. The maximum absolute atomic E-state index is 13.5. The van der Waals surface area contributed by atoms with Crippen molar-refractivity contribution < 1.29 is 18.3 Å². The first-order chi connectivity index (χ1) is 14.9. The first-order valence-electron chi connectivity index (χ1n) is 11.1. The van der Waals surface area contributed by atoms with Crippen LogP contribution >= 0.6 is 0 Å². The third kappa shape index (κ3) is 3.51. The second-order valence-electron chi connectivity index (χ2n) is 9.27. The molecule has 164 valence electrons. The minimum absolute atomic E-state index is 0.0536. The van der Waals surface area contributed by atoms with Gasteiger partial charge in [-0.25, -0.2) is 4.99 Å². The third-order valence-corrected chi connectivity index (χ3v) is 7.29. The summed E-state index contributed by atoms with van der Waals surface area (Å²) in [6, 6.07) is 6.04. The van der Waals surface area contributed by atoms with Gasteiger partial charge in [-0.2, -0.15) is 8.78 Å². The second-order valence-corrected chi connectivity index (χ2v) is 9.27. The average molecular weight is 427 g/mol. The Morgan fingerprint density at radius 1 is 1.29 bits per heavy atom. The predicted molar refractivity (Wildman–Crippen MR) is 112 cm³/mol. The van der Waals surface area contributed by atoms with Gasteiger partial charge in [0.05, 0.1) is 6.10 Å². The lowest BCUT2D eigenvalue weighted by atomic mass is 9.70. The minimum Gasteiger partial charge on any atom is -0.369 e. The van der Waals surface area contributed by atoms with Crippen LogP contribution in [-0.2, 0) is 21.5 Å². The molecule has 0 saturated heterocycles. The molecule has 5 rings (SSSR count). The van der Waals surface area contributed by atoms with Crippen LogP contribution in [0.1, 0.15) is 55.2 Å². The first kappa shape index (κ1) is 20.4. The summed E-state index contributed by atoms with van der Waals surface area (Å²) < 4.78 is 30.5. The van der Waals surface area contributed by atoms with Gasteiger partial charge in [0.25, 0.3) is 5.91 Å². The quantitative estimate of drug-likeness (QED) is 0.752. The molecule has 4 atom stereocenters. The van der Waals surface area contributed by atoms with Crippen LogP contribution in [0.3, 0.4) is 0 Å². The molecular weight excluding hydrogens is 400 g/mol. The predicted octanol–water partition coefficient (Wildman–Crippen LogP) is 3.40. The summed E-state index contributed by atoms with van der Waals surface area (Å²) in [6.07, 6.45) is 5.27. The molecule has 1 spiro atoms. The van der Waals surface area contributed by atoms with Crippen molar-refractivity contribution in [3.63, 3.8) is 0 Å². The highest BCUT2D eigenvalue weighted by Gasteiger charge is 2.59. The summed E-state index contributed by atoms with van der Waals surface area (Å²) in [5.74, 6) is 6.99. The lowest BCUT2D eigenvalue weighted by Gasteiger charge is -2.38. The summed E-state index contributed by atoms with van der Waals surface area (Å²) in [5, 5.41) is 0. The van der Waals surface area contributed by atoms with Gasteiger partial charge in [0, 0.05) is 24.4 Å². The van der Waals surface area contributed by atoms with Crippen LogP contribution in [0.4, 0.5) is 8.78 Å². The van der Waals surface area contributed by atoms with Crippen molar-refractivity contribution in [2.75, 3.05) is 7.05 Å². The Hall–Kier alpha value is -2.46. The van der Waals surface area contributed by atoms with Gasteiger partial charge < -0.3 is 10.5 Å². The number of hydrogen-bond donors (Lipinski definition) is 1. The van der Waals surface area contributed by atoms with Crippen LogP contribution in [0.25, 0.3) is 0 Å². The van der Waals surface area contributed by atoms with Crippen molar-refractivity contribution in [3.8, 4) is 11.8 Å². The number of guanidine groups is 1. The zero-order chi connectivity index (χ0) is 21.8. The summed E-state index contributed by atoms with van der Waals surface area (Å²) in [4.78, 5) is 19.7. The molecule has 31 heavy (non-hydrogen) atoms. The molecule has 2 N–H and O–H groups in total. The van der Waals surface area contributed by atoms with Crippen LogP contribution in [0.2, 0.25) is 0 Å². The van der Waals surface area contributed by atoms with E-state index in [1.54, 1.807) is 7.05 Å². The van der Waals surface area contributed by atoms with E-state index in [4.69, 9.17) is 15.5 Å². The second kappa shape index (κ2) is 7.59. The number of fused-ring (bicyclic) bond motifs is 2. The first-order valence-corrected chi connectivity index (χ1v) is 11.1. The van der Waals surface area contributed by atoms with Gasteiger partial charge in [0.1, 0.15) is 0 Å². The standard InChI is InChI=1S/C24H27F2N3O2/c1-29-21(30)24(28-23(29)27)19-11-15(8-7-14-5-6-14)9-10-17(19)13-20(24)16-3-2-4-18(12-16)31-22(25)26/h9-11,14,16,18,20,22H,2-6,12-13H2,1H3,(H2,27,28). The van der Waals surface area contributed by atoms with Crippen molar-refractivity contribution in [1.82, 2.24) is 4.90 Å². The van der Waals surface area contributed by atoms with E-state index >= 15 is 0 Å². The van der Waals surface area contributed by atoms with Crippen molar-refractivity contribution >= 4 is 11.9 Å². The van der Waals surface area contributed by atoms with E-state index in [1.165, 1.54) is 4.90 Å². The molecule has 1 aromatic carbocycles. The molecular formula is C24H27F2N3O2. The number of hydrogen-bond acceptors (Lipinski definition) is 4. The van der Waals surface area contributed by atoms with Crippen molar-refractivity contribution in [2.45, 2.75) is 63.2 Å². The zero-order valence-electron chi connectivity index (χ0n) is 17.6. The molecule has 0 bridgehead atoms. The van der Waals surface area contributed by atoms with Gasteiger partial charge in [-0.05, 0) is 67.7 Å². The lowest BCUT2D eigenvalue weighted by molar-refractivity contribution is -0.176. The average Bonchev–Trinajstić information content (AvgIpc) is 3.48. The number of alkyl halides is 2. The normalized spacial score (nSPS) is 32.3. The van der Waals surface area contributed by atoms with E-state index in [2.05, 4.69) is 11.8 Å². The number of aliphatic imine (C=N–C) groups is 1. The van der Waals surface area contributed by atoms with Gasteiger partial charge in [-0.15, -0.1) is 0 Å². The maximum Gasteiger partial charge on any atom is 0.345 e. The van der Waals surface area contributed by atoms with Crippen LogP contribution < -0.4 is 5.73 Å². The number of rotatable bonds is 3. The minimum atomic E-state index is -2.78. The van der Waals surface area contributed by atoms with E-state index in [0.29, 0.717) is 25.2 Å².